The van der Waals surface area contributed by atoms with Crippen molar-refractivity contribution < 1.29 is 14.3 Å². The first-order valence-electron chi connectivity index (χ1n) is 8.73. The highest BCUT2D eigenvalue weighted by molar-refractivity contribution is 8.00. The number of thioether (sulfide) groups is 1. The topological polar surface area (TPSA) is 79.5 Å². The summed E-state index contributed by atoms with van der Waals surface area (Å²) >= 11 is 1.93. The number of hydrogen-bond acceptors (Lipinski definition) is 4. The Morgan fingerprint density at radius 1 is 1.30 bits per heavy atom. The average Bonchev–Trinajstić information content (AvgIpc) is 3.07. The molecule has 0 aromatic heterocycles. The summed E-state index contributed by atoms with van der Waals surface area (Å²) in [5.74, 6) is 1.14. The highest BCUT2D eigenvalue weighted by Gasteiger charge is 2.42. The molecule has 0 aromatic carbocycles. The Hall–Kier alpha value is -0.950. The number of ether oxygens (including phenoxy) is 1. The fourth-order valence-corrected chi connectivity index (χ4v) is 4.61. The van der Waals surface area contributed by atoms with Crippen LogP contribution in [0.3, 0.4) is 0 Å². The maximum Gasteiger partial charge on any atom is 0.315 e. The number of unbranched alkanes of at least 4 members (excludes halogenated alkanes) is 2. The Morgan fingerprint density at radius 2 is 2.17 bits per heavy atom. The van der Waals surface area contributed by atoms with E-state index >= 15 is 0 Å². The number of fused-ring (bicyclic) bond motifs is 1. The van der Waals surface area contributed by atoms with Crippen LogP contribution in [0.15, 0.2) is 0 Å². The van der Waals surface area contributed by atoms with Crippen LogP contribution < -0.4 is 16.0 Å². The van der Waals surface area contributed by atoms with E-state index in [2.05, 4.69) is 16.0 Å². The molecule has 0 aliphatic carbocycles. The van der Waals surface area contributed by atoms with E-state index in [1.807, 2.05) is 18.7 Å². The summed E-state index contributed by atoms with van der Waals surface area (Å²) in [7, 11) is 0. The Bertz CT molecular complexity index is 395. The van der Waals surface area contributed by atoms with Gasteiger partial charge in [-0.05, 0) is 32.6 Å². The van der Waals surface area contributed by atoms with Crippen LogP contribution in [-0.2, 0) is 9.53 Å². The Morgan fingerprint density at radius 3 is 3.00 bits per heavy atom. The number of rotatable bonds is 11. The van der Waals surface area contributed by atoms with Gasteiger partial charge in [-0.15, -0.1) is 0 Å². The molecule has 0 spiro atoms. The van der Waals surface area contributed by atoms with Crippen molar-refractivity contribution in [3.8, 4) is 0 Å². The summed E-state index contributed by atoms with van der Waals surface area (Å²) in [6, 6.07) is 0.526. The maximum absolute atomic E-state index is 11.7. The van der Waals surface area contributed by atoms with Crippen molar-refractivity contribution in [3.05, 3.63) is 0 Å². The number of carbonyl (C=O) groups excluding carboxylic acids is 2. The molecular formula is C16H29N3O3S. The molecule has 2 rings (SSSR count). The maximum atomic E-state index is 11.7. The smallest absolute Gasteiger partial charge is 0.315 e. The zero-order valence-corrected chi connectivity index (χ0v) is 14.8. The summed E-state index contributed by atoms with van der Waals surface area (Å²) in [4.78, 5) is 23.1. The fraction of sp³-hybridized carbons (Fsp3) is 0.875. The molecular weight excluding hydrogens is 314 g/mol. The summed E-state index contributed by atoms with van der Waals surface area (Å²) in [6.07, 6.45) is 5.58. The minimum absolute atomic E-state index is 0.0333. The van der Waals surface area contributed by atoms with Crippen LogP contribution >= 0.6 is 11.8 Å². The normalized spacial score (nSPS) is 25.8. The van der Waals surface area contributed by atoms with E-state index in [4.69, 9.17) is 4.74 Å². The van der Waals surface area contributed by atoms with Gasteiger partial charge in [-0.2, -0.15) is 11.8 Å². The molecule has 2 saturated heterocycles. The number of nitrogens with one attached hydrogen (secondary N) is 3. The molecule has 3 unspecified atom stereocenters. The summed E-state index contributed by atoms with van der Waals surface area (Å²) < 4.78 is 5.26. The zero-order valence-electron chi connectivity index (χ0n) is 13.9. The van der Waals surface area contributed by atoms with Gasteiger partial charge in [-0.1, -0.05) is 6.42 Å². The van der Waals surface area contributed by atoms with Crippen molar-refractivity contribution in [1.82, 2.24) is 16.0 Å². The highest BCUT2D eigenvalue weighted by atomic mass is 32.2. The average molecular weight is 343 g/mol. The molecule has 7 heteroatoms. The lowest BCUT2D eigenvalue weighted by Gasteiger charge is -2.16. The van der Waals surface area contributed by atoms with Gasteiger partial charge in [0.25, 0.3) is 0 Å². The van der Waals surface area contributed by atoms with E-state index in [1.54, 1.807) is 0 Å². The van der Waals surface area contributed by atoms with Crippen LogP contribution in [0.5, 0.6) is 0 Å². The molecule has 2 aliphatic heterocycles. The van der Waals surface area contributed by atoms with Gasteiger partial charge in [-0.25, -0.2) is 4.79 Å². The van der Waals surface area contributed by atoms with Crippen molar-refractivity contribution in [2.24, 2.45) is 0 Å². The van der Waals surface area contributed by atoms with Gasteiger partial charge < -0.3 is 20.7 Å². The molecule has 0 saturated carbocycles. The molecule has 3 atom stereocenters. The van der Waals surface area contributed by atoms with Gasteiger partial charge >= 0.3 is 6.03 Å². The van der Waals surface area contributed by atoms with E-state index in [0.29, 0.717) is 11.7 Å². The van der Waals surface area contributed by atoms with Gasteiger partial charge in [0.15, 0.2) is 0 Å². The van der Waals surface area contributed by atoms with Gasteiger partial charge in [0.05, 0.1) is 12.1 Å². The molecule has 2 fully saturated rings. The third-order valence-electron chi connectivity index (χ3n) is 4.32. The Labute approximate surface area is 142 Å². The third-order valence-corrected chi connectivity index (χ3v) is 5.83. The number of carbonyl (C=O) groups is 2. The molecule has 132 valence electrons. The monoisotopic (exact) mass is 343 g/mol. The first-order valence-corrected chi connectivity index (χ1v) is 9.78. The predicted octanol–water partition coefficient (Wildman–Crippen LogP) is 1.65. The second-order valence-corrected chi connectivity index (χ2v) is 7.39. The lowest BCUT2D eigenvalue weighted by molar-refractivity contribution is -0.121. The number of hydrogen-bond donors (Lipinski definition) is 3. The van der Waals surface area contributed by atoms with Crippen molar-refractivity contribution >= 4 is 23.7 Å². The summed E-state index contributed by atoms with van der Waals surface area (Å²) in [6.45, 7) is 4.26. The molecule has 0 aromatic rings. The van der Waals surface area contributed by atoms with Crippen LogP contribution in [0.2, 0.25) is 0 Å². The minimum Gasteiger partial charge on any atom is -0.382 e. The lowest BCUT2D eigenvalue weighted by Crippen LogP contribution is -2.36. The van der Waals surface area contributed by atoms with Crippen molar-refractivity contribution in [3.63, 3.8) is 0 Å². The van der Waals surface area contributed by atoms with Gasteiger partial charge in [0, 0.05) is 37.2 Å². The van der Waals surface area contributed by atoms with Gasteiger partial charge in [-0.3, -0.25) is 4.79 Å². The van der Waals surface area contributed by atoms with E-state index < -0.39 is 0 Å². The Balaban J connectivity index is 1.46. The summed E-state index contributed by atoms with van der Waals surface area (Å²) in [5.41, 5.74) is 0. The molecule has 3 amide bonds. The van der Waals surface area contributed by atoms with E-state index in [-0.39, 0.29) is 24.0 Å². The van der Waals surface area contributed by atoms with Crippen molar-refractivity contribution in [2.45, 2.75) is 62.8 Å². The quantitative estimate of drug-likeness (QED) is 0.394. The van der Waals surface area contributed by atoms with E-state index in [9.17, 15) is 9.59 Å². The number of urea groups is 1. The SMILES string of the molecule is CCOCCCCNC(=O)CCCCC1SCC2NC(=O)NC21. The first kappa shape index (κ1) is 18.4. The molecule has 6 nitrogen and oxygen atoms in total. The van der Waals surface area contributed by atoms with Crippen molar-refractivity contribution in [1.29, 1.82) is 0 Å². The molecule has 2 aliphatic rings. The van der Waals surface area contributed by atoms with E-state index in [0.717, 1.165) is 57.6 Å². The largest absolute Gasteiger partial charge is 0.382 e. The first-order chi connectivity index (χ1) is 11.2. The number of amides is 3. The second-order valence-electron chi connectivity index (χ2n) is 6.12. The fourth-order valence-electron chi connectivity index (χ4n) is 3.06. The van der Waals surface area contributed by atoms with E-state index in [1.165, 1.54) is 0 Å². The predicted molar refractivity (Wildman–Crippen MR) is 92.7 cm³/mol. The van der Waals surface area contributed by atoms with Crippen LogP contribution in [-0.4, -0.2) is 54.8 Å². The molecule has 0 radical (unpaired) electrons. The molecule has 23 heavy (non-hydrogen) atoms. The lowest BCUT2D eigenvalue weighted by atomic mass is 10.0. The van der Waals surface area contributed by atoms with Gasteiger partial charge in [0.2, 0.25) is 5.91 Å². The molecule has 0 bridgehead atoms. The Kier molecular flexibility index (Phi) is 8.02. The van der Waals surface area contributed by atoms with Crippen LogP contribution in [0, 0.1) is 0 Å². The second kappa shape index (κ2) is 10.0. The molecule has 3 N–H and O–H groups in total. The zero-order chi connectivity index (χ0) is 16.5. The van der Waals surface area contributed by atoms with Crippen LogP contribution in [0.25, 0.3) is 0 Å². The van der Waals surface area contributed by atoms with Gasteiger partial charge in [0.1, 0.15) is 0 Å². The summed E-state index contributed by atoms with van der Waals surface area (Å²) in [5, 5.41) is 9.41. The third kappa shape index (κ3) is 6.22. The minimum atomic E-state index is -0.0333. The van der Waals surface area contributed by atoms with Crippen LogP contribution in [0.4, 0.5) is 4.79 Å². The van der Waals surface area contributed by atoms with Crippen molar-refractivity contribution in [2.75, 3.05) is 25.5 Å². The molecule has 2 heterocycles. The highest BCUT2D eigenvalue weighted by Crippen LogP contribution is 2.33. The standard InChI is InChI=1S/C16H29N3O3S/c1-2-22-10-6-5-9-17-14(20)8-4-3-7-13-15-12(11-23-13)18-16(21)19-15/h12-13,15H,2-11H2,1H3,(H,17,20)(H2,18,19,21). The van der Waals surface area contributed by atoms with Crippen LogP contribution in [0.1, 0.15) is 45.4 Å².